The van der Waals surface area contributed by atoms with Gasteiger partial charge in [0.2, 0.25) is 0 Å². The lowest BCUT2D eigenvalue weighted by molar-refractivity contribution is 0.421. The van der Waals surface area contributed by atoms with Crippen molar-refractivity contribution >= 4 is 11.6 Å². The summed E-state index contributed by atoms with van der Waals surface area (Å²) < 4.78 is 13.1. The molecular weight excluding hydrogens is 237 g/mol. The highest BCUT2D eigenvalue weighted by Gasteiger charge is 2.10. The summed E-state index contributed by atoms with van der Waals surface area (Å²) in [5.74, 6) is 0.449. The van der Waals surface area contributed by atoms with Crippen LogP contribution in [0.3, 0.4) is 0 Å². The summed E-state index contributed by atoms with van der Waals surface area (Å²) in [6, 6.07) is 5.03. The van der Waals surface area contributed by atoms with Gasteiger partial charge < -0.3 is 5.32 Å². The molecule has 1 nitrogen and oxygen atoms in total. The van der Waals surface area contributed by atoms with Crippen molar-refractivity contribution in [2.75, 3.05) is 7.05 Å². The first kappa shape index (κ1) is 14.5. The number of aryl methyl sites for hydroxylation is 1. The van der Waals surface area contributed by atoms with Crippen LogP contribution in [-0.2, 0) is 6.42 Å². The normalized spacial score (nSPS) is 13.1. The van der Waals surface area contributed by atoms with Gasteiger partial charge in [0.25, 0.3) is 0 Å². The second kappa shape index (κ2) is 6.97. The Morgan fingerprint density at radius 3 is 2.65 bits per heavy atom. The highest BCUT2D eigenvalue weighted by molar-refractivity contribution is 6.31. The van der Waals surface area contributed by atoms with Crippen LogP contribution in [0, 0.1) is 11.7 Å². The summed E-state index contributed by atoms with van der Waals surface area (Å²) in [4.78, 5) is 0. The molecule has 1 rings (SSSR count). The minimum atomic E-state index is -0.214. The van der Waals surface area contributed by atoms with Gasteiger partial charge in [-0.1, -0.05) is 25.4 Å². The highest BCUT2D eigenvalue weighted by atomic mass is 35.5. The van der Waals surface area contributed by atoms with Crippen molar-refractivity contribution in [2.24, 2.45) is 5.92 Å². The minimum absolute atomic E-state index is 0.214. The SMILES string of the molecule is CNC(CCc1cc(F)ccc1Cl)CC(C)C. The lowest BCUT2D eigenvalue weighted by Crippen LogP contribution is -2.27. The van der Waals surface area contributed by atoms with Gasteiger partial charge >= 0.3 is 0 Å². The maximum atomic E-state index is 13.1. The van der Waals surface area contributed by atoms with E-state index in [4.69, 9.17) is 11.6 Å². The molecule has 0 fully saturated rings. The molecule has 0 aliphatic rings. The summed E-state index contributed by atoms with van der Waals surface area (Å²) in [6.45, 7) is 4.42. The second-order valence-corrected chi connectivity index (χ2v) is 5.30. The standard InChI is InChI=1S/C14H21ClFN/c1-10(2)8-13(17-3)6-4-11-9-12(16)5-7-14(11)15/h5,7,9-10,13,17H,4,6,8H2,1-3H3. The van der Waals surface area contributed by atoms with Gasteiger partial charge in [0.15, 0.2) is 0 Å². The molecule has 0 aliphatic carbocycles. The van der Waals surface area contributed by atoms with E-state index in [2.05, 4.69) is 19.2 Å². The van der Waals surface area contributed by atoms with E-state index in [1.54, 1.807) is 6.07 Å². The van der Waals surface area contributed by atoms with E-state index in [1.807, 2.05) is 7.05 Å². The van der Waals surface area contributed by atoms with E-state index in [1.165, 1.54) is 12.1 Å². The molecular formula is C14H21ClFN. The summed E-state index contributed by atoms with van der Waals surface area (Å²) in [5, 5.41) is 3.96. The fraction of sp³-hybridized carbons (Fsp3) is 0.571. The van der Waals surface area contributed by atoms with Gasteiger partial charge in [0.05, 0.1) is 0 Å². The summed E-state index contributed by atoms with van der Waals surface area (Å²) >= 11 is 6.04. The molecule has 0 spiro atoms. The predicted octanol–water partition coefficient (Wildman–Crippen LogP) is 4.05. The van der Waals surface area contributed by atoms with Crippen LogP contribution in [0.15, 0.2) is 18.2 Å². The van der Waals surface area contributed by atoms with Crippen molar-refractivity contribution in [3.8, 4) is 0 Å². The molecule has 1 aromatic carbocycles. The van der Waals surface area contributed by atoms with Crippen molar-refractivity contribution in [1.82, 2.24) is 5.32 Å². The zero-order chi connectivity index (χ0) is 12.8. The summed E-state index contributed by atoms with van der Waals surface area (Å²) in [5.41, 5.74) is 0.899. The minimum Gasteiger partial charge on any atom is -0.317 e. The first-order valence-corrected chi connectivity index (χ1v) is 6.52. The first-order valence-electron chi connectivity index (χ1n) is 6.14. The van der Waals surface area contributed by atoms with E-state index in [9.17, 15) is 4.39 Å². The number of nitrogens with one attached hydrogen (secondary N) is 1. The Balaban J connectivity index is 2.56. The van der Waals surface area contributed by atoms with E-state index in [0.29, 0.717) is 17.0 Å². The monoisotopic (exact) mass is 257 g/mol. The molecule has 1 atom stereocenters. The van der Waals surface area contributed by atoms with E-state index < -0.39 is 0 Å². The number of hydrogen-bond donors (Lipinski definition) is 1. The lowest BCUT2D eigenvalue weighted by Gasteiger charge is -2.18. The Morgan fingerprint density at radius 2 is 2.06 bits per heavy atom. The van der Waals surface area contributed by atoms with Crippen LogP contribution in [0.5, 0.6) is 0 Å². The quantitative estimate of drug-likeness (QED) is 0.811. The zero-order valence-electron chi connectivity index (χ0n) is 10.8. The van der Waals surface area contributed by atoms with Gasteiger partial charge in [-0.15, -0.1) is 0 Å². The second-order valence-electron chi connectivity index (χ2n) is 4.89. The molecule has 1 aromatic rings. The van der Waals surface area contributed by atoms with Crippen molar-refractivity contribution in [3.63, 3.8) is 0 Å². The van der Waals surface area contributed by atoms with Crippen LogP contribution in [0.2, 0.25) is 5.02 Å². The molecule has 0 saturated carbocycles. The Labute approximate surface area is 108 Å². The van der Waals surface area contributed by atoms with E-state index in [0.717, 1.165) is 24.8 Å². The van der Waals surface area contributed by atoms with Gasteiger partial charge in [-0.2, -0.15) is 0 Å². The predicted molar refractivity (Wildman–Crippen MR) is 72.0 cm³/mol. The third-order valence-electron chi connectivity index (χ3n) is 2.93. The largest absolute Gasteiger partial charge is 0.317 e. The molecule has 0 bridgehead atoms. The lowest BCUT2D eigenvalue weighted by atomic mass is 9.97. The Kier molecular flexibility index (Phi) is 5.93. The number of hydrogen-bond acceptors (Lipinski definition) is 1. The zero-order valence-corrected chi connectivity index (χ0v) is 11.5. The third kappa shape index (κ3) is 5.05. The van der Waals surface area contributed by atoms with Crippen LogP contribution in [0.4, 0.5) is 4.39 Å². The third-order valence-corrected chi connectivity index (χ3v) is 3.30. The molecule has 96 valence electrons. The number of rotatable bonds is 6. The molecule has 0 saturated heterocycles. The maximum Gasteiger partial charge on any atom is 0.123 e. The Morgan fingerprint density at radius 1 is 1.35 bits per heavy atom. The van der Waals surface area contributed by atoms with Gasteiger partial charge in [-0.25, -0.2) is 4.39 Å². The Bertz CT molecular complexity index is 352. The fourth-order valence-electron chi connectivity index (χ4n) is 2.01. The van der Waals surface area contributed by atoms with Crippen LogP contribution in [-0.4, -0.2) is 13.1 Å². The molecule has 1 N–H and O–H groups in total. The first-order chi connectivity index (χ1) is 8.02. The van der Waals surface area contributed by atoms with Gasteiger partial charge in [0, 0.05) is 11.1 Å². The number of halogens is 2. The average molecular weight is 258 g/mol. The molecule has 0 radical (unpaired) electrons. The molecule has 0 aromatic heterocycles. The molecule has 3 heteroatoms. The van der Waals surface area contributed by atoms with E-state index in [-0.39, 0.29) is 5.82 Å². The molecule has 0 aliphatic heterocycles. The average Bonchev–Trinajstić information content (AvgIpc) is 2.28. The summed E-state index contributed by atoms with van der Waals surface area (Å²) in [7, 11) is 1.97. The van der Waals surface area contributed by atoms with Crippen LogP contribution in [0.1, 0.15) is 32.3 Å². The van der Waals surface area contributed by atoms with Crippen LogP contribution < -0.4 is 5.32 Å². The number of benzene rings is 1. The molecule has 0 heterocycles. The molecule has 17 heavy (non-hydrogen) atoms. The summed E-state index contributed by atoms with van der Waals surface area (Å²) in [6.07, 6.45) is 2.93. The van der Waals surface area contributed by atoms with Gasteiger partial charge in [0.1, 0.15) is 5.82 Å². The van der Waals surface area contributed by atoms with Crippen molar-refractivity contribution < 1.29 is 4.39 Å². The fourth-order valence-corrected chi connectivity index (χ4v) is 2.23. The van der Waals surface area contributed by atoms with Crippen molar-refractivity contribution in [2.45, 2.75) is 39.2 Å². The van der Waals surface area contributed by atoms with Gasteiger partial charge in [-0.05, 0) is 56.0 Å². The van der Waals surface area contributed by atoms with Crippen LogP contribution >= 0.6 is 11.6 Å². The highest BCUT2D eigenvalue weighted by Crippen LogP contribution is 2.20. The molecule has 0 amide bonds. The topological polar surface area (TPSA) is 12.0 Å². The van der Waals surface area contributed by atoms with E-state index >= 15 is 0 Å². The molecule has 1 unspecified atom stereocenters. The van der Waals surface area contributed by atoms with Crippen molar-refractivity contribution in [3.05, 3.63) is 34.6 Å². The maximum absolute atomic E-state index is 13.1. The van der Waals surface area contributed by atoms with Crippen LogP contribution in [0.25, 0.3) is 0 Å². The van der Waals surface area contributed by atoms with Crippen molar-refractivity contribution in [1.29, 1.82) is 0 Å². The Hall–Kier alpha value is -0.600. The van der Waals surface area contributed by atoms with Gasteiger partial charge in [-0.3, -0.25) is 0 Å². The smallest absolute Gasteiger partial charge is 0.123 e.